The van der Waals surface area contributed by atoms with Gasteiger partial charge in [0.05, 0.1) is 17.7 Å². The molecule has 2 atom stereocenters. The molecule has 0 saturated carbocycles. The highest BCUT2D eigenvalue weighted by Crippen LogP contribution is 2.46. The number of aromatic nitrogens is 1. The fraction of sp³-hybridized carbons (Fsp3) is 0.350. The fourth-order valence-corrected chi connectivity index (χ4v) is 4.76. The molecule has 6 nitrogen and oxygen atoms in total. The summed E-state index contributed by atoms with van der Waals surface area (Å²) in [5.41, 5.74) is 4.46. The van der Waals surface area contributed by atoms with Crippen molar-refractivity contribution in [2.75, 3.05) is 24.3 Å². The lowest BCUT2D eigenvalue weighted by Crippen LogP contribution is -2.47. The van der Waals surface area contributed by atoms with E-state index in [2.05, 4.69) is 15.3 Å². The third-order valence-electron chi connectivity index (χ3n) is 5.38. The average molecular weight is 454 g/mol. The number of benzene rings is 1. The Morgan fingerprint density at radius 2 is 2.10 bits per heavy atom. The zero-order chi connectivity index (χ0) is 22.2. The van der Waals surface area contributed by atoms with Crippen LogP contribution in [0.25, 0.3) is 0 Å². The van der Waals surface area contributed by atoms with E-state index in [0.29, 0.717) is 42.3 Å². The molecule has 0 bridgehead atoms. The van der Waals surface area contributed by atoms with Crippen LogP contribution in [0.5, 0.6) is 0 Å². The minimum absolute atomic E-state index is 0.0874. The van der Waals surface area contributed by atoms with Gasteiger partial charge in [-0.3, -0.25) is 14.8 Å². The minimum Gasteiger partial charge on any atom is -0.381 e. The highest BCUT2D eigenvalue weighted by molar-refractivity contribution is 8.13. The first kappa shape index (κ1) is 21.6. The van der Waals surface area contributed by atoms with Crippen LogP contribution >= 0.6 is 11.8 Å². The van der Waals surface area contributed by atoms with Gasteiger partial charge in [0, 0.05) is 42.1 Å². The number of rotatable bonds is 3. The van der Waals surface area contributed by atoms with Gasteiger partial charge in [0.2, 0.25) is 0 Å². The second-order valence-electron chi connectivity index (χ2n) is 7.29. The Morgan fingerprint density at radius 1 is 1.29 bits per heavy atom. The number of fused-ring (bicyclic) bond motifs is 1. The van der Waals surface area contributed by atoms with Gasteiger partial charge in [0.25, 0.3) is 5.91 Å². The Labute approximate surface area is 179 Å². The van der Waals surface area contributed by atoms with Crippen LogP contribution in [-0.4, -0.2) is 35.0 Å². The molecule has 2 aromatic rings. The number of amides is 1. The summed E-state index contributed by atoms with van der Waals surface area (Å²) in [5, 5.41) is 2.92. The van der Waals surface area contributed by atoms with Gasteiger partial charge >= 0.3 is 6.18 Å². The smallest absolute Gasteiger partial charge is 0.381 e. The normalized spacial score (nSPS) is 23.6. The number of thioether (sulfide) groups is 1. The third kappa shape index (κ3) is 4.24. The van der Waals surface area contributed by atoms with Gasteiger partial charge in [-0.05, 0) is 30.3 Å². The zero-order valence-corrected chi connectivity index (χ0v) is 16.9. The lowest BCUT2D eigenvalue weighted by molar-refractivity contribution is -0.137. The summed E-state index contributed by atoms with van der Waals surface area (Å²) in [6.07, 6.45) is -3.52. The van der Waals surface area contributed by atoms with Crippen molar-refractivity contribution in [3.05, 3.63) is 59.2 Å². The van der Waals surface area contributed by atoms with Crippen LogP contribution in [0.3, 0.4) is 0 Å². The predicted molar refractivity (Wildman–Crippen MR) is 108 cm³/mol. The second-order valence-corrected chi connectivity index (χ2v) is 8.33. The number of carbonyl (C=O) groups excluding carboxylic acids is 1. The number of nitrogens with two attached hydrogens (primary N) is 1. The number of anilines is 1. The lowest BCUT2D eigenvalue weighted by atomic mass is 9.75. The van der Waals surface area contributed by atoms with Crippen LogP contribution in [-0.2, 0) is 16.5 Å². The molecular weight excluding hydrogens is 436 g/mol. The Bertz CT molecular complexity index is 1030. The standard InChI is InChI=1S/C20H18F4N4O2S/c21-15-3-2-13(27-17(29)16-4-1-11(8-26-16)20(22,23)24)7-14(15)19-5-6-30-9-12(19)10-31-18(25)28-19/h1-4,7-8,12H,5-6,9-10H2,(H2,25,28)(H,27,29). The van der Waals surface area contributed by atoms with Crippen molar-refractivity contribution in [1.29, 1.82) is 0 Å². The van der Waals surface area contributed by atoms with Crippen molar-refractivity contribution >= 4 is 28.5 Å². The monoisotopic (exact) mass is 454 g/mol. The summed E-state index contributed by atoms with van der Waals surface area (Å²) in [5.74, 6) is -0.660. The van der Waals surface area contributed by atoms with E-state index in [1.54, 1.807) is 0 Å². The molecule has 2 aliphatic rings. The first-order chi connectivity index (χ1) is 14.7. The summed E-state index contributed by atoms with van der Waals surface area (Å²) < 4.78 is 58.5. The molecule has 2 aliphatic heterocycles. The maximum atomic E-state index is 14.9. The number of ether oxygens (including phenoxy) is 1. The van der Waals surface area contributed by atoms with Crippen LogP contribution in [0.4, 0.5) is 23.2 Å². The quantitative estimate of drug-likeness (QED) is 0.689. The first-order valence-corrected chi connectivity index (χ1v) is 10.4. The molecule has 1 fully saturated rings. The van der Waals surface area contributed by atoms with Gasteiger partial charge in [-0.25, -0.2) is 4.39 Å². The highest BCUT2D eigenvalue weighted by atomic mass is 32.2. The molecule has 2 unspecified atom stereocenters. The van der Waals surface area contributed by atoms with Crippen LogP contribution in [0.15, 0.2) is 41.5 Å². The molecule has 1 aromatic heterocycles. The number of carbonyl (C=O) groups is 1. The molecule has 3 heterocycles. The van der Waals surface area contributed by atoms with Gasteiger partial charge in [-0.1, -0.05) is 11.8 Å². The van der Waals surface area contributed by atoms with Gasteiger partial charge in [-0.2, -0.15) is 13.2 Å². The maximum Gasteiger partial charge on any atom is 0.417 e. The van der Waals surface area contributed by atoms with E-state index in [9.17, 15) is 22.4 Å². The number of alkyl halides is 3. The van der Waals surface area contributed by atoms with Crippen LogP contribution in [0.2, 0.25) is 0 Å². The molecule has 31 heavy (non-hydrogen) atoms. The number of hydrogen-bond donors (Lipinski definition) is 2. The van der Waals surface area contributed by atoms with Crippen LogP contribution < -0.4 is 11.1 Å². The largest absolute Gasteiger partial charge is 0.417 e. The van der Waals surface area contributed by atoms with Crippen molar-refractivity contribution in [2.24, 2.45) is 16.6 Å². The van der Waals surface area contributed by atoms with Gasteiger partial charge in [0.15, 0.2) is 5.17 Å². The van der Waals surface area contributed by atoms with Crippen LogP contribution in [0, 0.1) is 11.7 Å². The summed E-state index contributed by atoms with van der Waals surface area (Å²) >= 11 is 1.38. The number of hydrogen-bond acceptors (Lipinski definition) is 6. The summed E-state index contributed by atoms with van der Waals surface area (Å²) in [6.45, 7) is 0.804. The van der Waals surface area contributed by atoms with Gasteiger partial charge < -0.3 is 15.8 Å². The average Bonchev–Trinajstić information content (AvgIpc) is 2.74. The Hall–Kier alpha value is -2.66. The topological polar surface area (TPSA) is 89.6 Å². The molecular formula is C20H18F4N4O2S. The summed E-state index contributed by atoms with van der Waals surface area (Å²) in [4.78, 5) is 20.6. The van der Waals surface area contributed by atoms with Crippen molar-refractivity contribution in [3.63, 3.8) is 0 Å². The van der Waals surface area contributed by atoms with E-state index in [0.717, 1.165) is 12.1 Å². The lowest BCUT2D eigenvalue weighted by Gasteiger charge is -2.44. The van der Waals surface area contributed by atoms with E-state index < -0.39 is 29.0 Å². The molecule has 4 rings (SSSR count). The highest BCUT2D eigenvalue weighted by Gasteiger charge is 2.47. The maximum absolute atomic E-state index is 14.9. The molecule has 1 amide bonds. The minimum atomic E-state index is -4.55. The van der Waals surface area contributed by atoms with Gasteiger partial charge in [-0.15, -0.1) is 0 Å². The van der Waals surface area contributed by atoms with E-state index in [1.807, 2.05) is 0 Å². The zero-order valence-electron chi connectivity index (χ0n) is 16.1. The Morgan fingerprint density at radius 3 is 2.81 bits per heavy atom. The Balaban J connectivity index is 1.62. The molecule has 164 valence electrons. The second kappa shape index (κ2) is 8.12. The van der Waals surface area contributed by atoms with E-state index >= 15 is 0 Å². The third-order valence-corrected chi connectivity index (χ3v) is 6.33. The first-order valence-electron chi connectivity index (χ1n) is 9.39. The molecule has 0 aliphatic carbocycles. The molecule has 0 spiro atoms. The van der Waals surface area contributed by atoms with Crippen molar-refractivity contribution in [3.8, 4) is 0 Å². The van der Waals surface area contributed by atoms with Crippen LogP contribution in [0.1, 0.15) is 28.0 Å². The van der Waals surface area contributed by atoms with E-state index in [1.165, 1.54) is 30.0 Å². The number of pyridine rings is 1. The van der Waals surface area contributed by atoms with Gasteiger partial charge in [0.1, 0.15) is 11.5 Å². The fourth-order valence-electron chi connectivity index (χ4n) is 3.78. The van der Waals surface area contributed by atoms with E-state index in [4.69, 9.17) is 10.5 Å². The Kier molecular flexibility index (Phi) is 5.65. The van der Waals surface area contributed by atoms with E-state index in [-0.39, 0.29) is 17.3 Å². The summed E-state index contributed by atoms with van der Waals surface area (Å²) in [7, 11) is 0. The summed E-state index contributed by atoms with van der Waals surface area (Å²) in [6, 6.07) is 5.85. The number of nitrogens with one attached hydrogen (secondary N) is 1. The molecule has 11 heteroatoms. The van der Waals surface area contributed by atoms with Crippen molar-refractivity contribution in [1.82, 2.24) is 4.98 Å². The molecule has 1 aromatic carbocycles. The van der Waals surface area contributed by atoms with Crippen molar-refractivity contribution < 1.29 is 27.1 Å². The molecule has 3 N–H and O–H groups in total. The number of aliphatic imine (C=N–C) groups is 1. The number of halogens is 4. The predicted octanol–water partition coefficient (Wildman–Crippen LogP) is 3.79. The van der Waals surface area contributed by atoms with Crippen molar-refractivity contribution in [2.45, 2.75) is 18.1 Å². The number of nitrogens with zero attached hydrogens (tertiary/aromatic N) is 2. The number of amidine groups is 1. The molecule has 0 radical (unpaired) electrons. The molecule has 1 saturated heterocycles. The SMILES string of the molecule is NC1=NC2(c3cc(NC(=O)c4ccc(C(F)(F)F)cn4)ccc3F)CCOCC2CS1.